The Labute approximate surface area is 192 Å². The fraction of sp³-hybridized carbons (Fsp3) is 0.320. The molecular weight excluding hydrogens is 423 g/mol. The Morgan fingerprint density at radius 2 is 1.88 bits per heavy atom. The van der Waals surface area contributed by atoms with E-state index in [0.29, 0.717) is 42.6 Å². The Hall–Kier alpha value is -3.52. The van der Waals surface area contributed by atoms with Gasteiger partial charge >= 0.3 is 6.03 Å². The molecule has 33 heavy (non-hydrogen) atoms. The highest BCUT2D eigenvalue weighted by atomic mass is 19.1. The lowest BCUT2D eigenvalue weighted by atomic mass is 9.94. The SMILES string of the molecule is CCc1ccc(-c2noc(C3=C(C)N(CCCOC)C(=O)NC3c3ccc(F)cc3)n2)cc1. The minimum Gasteiger partial charge on any atom is -0.385 e. The quantitative estimate of drug-likeness (QED) is 0.490. The first-order valence-electron chi connectivity index (χ1n) is 11.0. The molecule has 1 atom stereocenters. The molecule has 7 nitrogen and oxygen atoms in total. The maximum Gasteiger partial charge on any atom is 0.322 e. The average molecular weight is 451 g/mol. The van der Waals surface area contributed by atoms with Gasteiger partial charge in [-0.25, -0.2) is 9.18 Å². The predicted octanol–water partition coefficient (Wildman–Crippen LogP) is 4.97. The molecule has 1 aliphatic heterocycles. The fourth-order valence-electron chi connectivity index (χ4n) is 3.94. The minimum absolute atomic E-state index is 0.239. The van der Waals surface area contributed by atoms with E-state index in [0.717, 1.165) is 17.5 Å². The van der Waals surface area contributed by atoms with Crippen LogP contribution in [0.2, 0.25) is 0 Å². The number of carbonyl (C=O) groups is 1. The van der Waals surface area contributed by atoms with Crippen LogP contribution in [0.4, 0.5) is 9.18 Å². The zero-order valence-corrected chi connectivity index (χ0v) is 19.0. The first kappa shape index (κ1) is 22.7. The summed E-state index contributed by atoms with van der Waals surface area (Å²) in [7, 11) is 1.63. The van der Waals surface area contributed by atoms with Gasteiger partial charge in [-0.2, -0.15) is 4.98 Å². The minimum atomic E-state index is -0.549. The number of carbonyl (C=O) groups excluding carboxylic acids is 1. The van der Waals surface area contributed by atoms with Gasteiger partial charge in [-0.3, -0.25) is 4.90 Å². The maximum atomic E-state index is 13.5. The molecule has 2 amide bonds. The zero-order valence-electron chi connectivity index (χ0n) is 19.0. The molecule has 8 heteroatoms. The largest absolute Gasteiger partial charge is 0.385 e. The van der Waals surface area contributed by atoms with Crippen LogP contribution in [-0.4, -0.2) is 41.3 Å². The molecule has 1 unspecified atom stereocenters. The molecule has 1 N–H and O–H groups in total. The summed E-state index contributed by atoms with van der Waals surface area (Å²) >= 11 is 0. The van der Waals surface area contributed by atoms with Crippen molar-refractivity contribution >= 4 is 11.6 Å². The number of allylic oxidation sites excluding steroid dienone is 1. The summed E-state index contributed by atoms with van der Waals surface area (Å²) in [6.45, 7) is 4.97. The maximum absolute atomic E-state index is 13.5. The Kier molecular flexibility index (Phi) is 6.84. The third kappa shape index (κ3) is 4.80. The van der Waals surface area contributed by atoms with Gasteiger partial charge in [0.2, 0.25) is 5.82 Å². The van der Waals surface area contributed by atoms with Crippen molar-refractivity contribution in [2.75, 3.05) is 20.3 Å². The Balaban J connectivity index is 1.74. The summed E-state index contributed by atoms with van der Waals surface area (Å²) in [6.07, 6.45) is 1.62. The lowest BCUT2D eigenvalue weighted by Gasteiger charge is -2.35. The number of methoxy groups -OCH3 is 1. The molecule has 0 spiro atoms. The topological polar surface area (TPSA) is 80.5 Å². The van der Waals surface area contributed by atoms with E-state index >= 15 is 0 Å². The van der Waals surface area contributed by atoms with E-state index in [1.54, 1.807) is 24.1 Å². The summed E-state index contributed by atoms with van der Waals surface area (Å²) in [4.78, 5) is 19.2. The van der Waals surface area contributed by atoms with Crippen LogP contribution in [0.15, 0.2) is 58.8 Å². The third-order valence-corrected chi connectivity index (χ3v) is 5.81. The molecule has 1 aliphatic rings. The first-order valence-corrected chi connectivity index (χ1v) is 11.0. The first-order chi connectivity index (χ1) is 16.0. The number of nitrogens with zero attached hydrogens (tertiary/aromatic N) is 3. The number of aromatic nitrogens is 2. The molecule has 3 aromatic rings. The van der Waals surface area contributed by atoms with Gasteiger partial charge in [0.05, 0.1) is 11.6 Å². The Morgan fingerprint density at radius 1 is 1.15 bits per heavy atom. The van der Waals surface area contributed by atoms with E-state index in [2.05, 4.69) is 22.4 Å². The lowest BCUT2D eigenvalue weighted by molar-refractivity contribution is 0.174. The molecule has 1 aromatic heterocycles. The average Bonchev–Trinajstić information content (AvgIpc) is 3.31. The highest BCUT2D eigenvalue weighted by molar-refractivity contribution is 5.86. The molecule has 0 radical (unpaired) electrons. The smallest absolute Gasteiger partial charge is 0.322 e. The predicted molar refractivity (Wildman–Crippen MR) is 123 cm³/mol. The van der Waals surface area contributed by atoms with Crippen LogP contribution >= 0.6 is 0 Å². The summed E-state index contributed by atoms with van der Waals surface area (Å²) in [5.74, 6) is 0.432. The third-order valence-electron chi connectivity index (χ3n) is 5.81. The number of hydrogen-bond donors (Lipinski definition) is 1. The molecule has 0 saturated carbocycles. The number of nitrogens with one attached hydrogen (secondary N) is 1. The van der Waals surface area contributed by atoms with Crippen molar-refractivity contribution in [2.24, 2.45) is 0 Å². The van der Waals surface area contributed by atoms with Crippen molar-refractivity contribution in [2.45, 2.75) is 32.7 Å². The van der Waals surface area contributed by atoms with E-state index < -0.39 is 6.04 Å². The standard InChI is InChI=1S/C25H27FN4O3/c1-4-17-6-8-19(9-7-17)23-28-24(33-29-23)21-16(2)30(14-5-15-32-3)25(31)27-22(21)18-10-12-20(26)13-11-18/h6-13,22H,4-5,14-15H2,1-3H3,(H,27,31). The molecule has 0 aliphatic carbocycles. The van der Waals surface area contributed by atoms with Gasteiger partial charge in [0.1, 0.15) is 5.82 Å². The van der Waals surface area contributed by atoms with Gasteiger partial charge in [-0.1, -0.05) is 48.5 Å². The van der Waals surface area contributed by atoms with Gasteiger partial charge in [-0.15, -0.1) is 0 Å². The molecule has 4 rings (SSSR count). The van der Waals surface area contributed by atoms with Crippen LogP contribution in [0.3, 0.4) is 0 Å². The summed E-state index contributed by atoms with van der Waals surface area (Å²) in [5, 5.41) is 7.19. The van der Waals surface area contributed by atoms with E-state index in [1.807, 2.05) is 31.2 Å². The molecule has 2 aromatic carbocycles. The van der Waals surface area contributed by atoms with Crippen molar-refractivity contribution < 1.29 is 18.4 Å². The molecule has 172 valence electrons. The number of rotatable bonds is 8. The van der Waals surface area contributed by atoms with Crippen molar-refractivity contribution in [3.8, 4) is 11.4 Å². The highest BCUT2D eigenvalue weighted by Gasteiger charge is 2.35. The van der Waals surface area contributed by atoms with Crippen molar-refractivity contribution in [1.82, 2.24) is 20.4 Å². The Bertz CT molecular complexity index is 1140. The van der Waals surface area contributed by atoms with Gasteiger partial charge in [-0.05, 0) is 43.0 Å². The number of benzene rings is 2. The number of amides is 2. The molecule has 2 heterocycles. The van der Waals surface area contributed by atoms with E-state index in [4.69, 9.17) is 9.26 Å². The van der Waals surface area contributed by atoms with E-state index in [9.17, 15) is 9.18 Å². The summed E-state index contributed by atoms with van der Waals surface area (Å²) in [6, 6.07) is 13.2. The van der Waals surface area contributed by atoms with Crippen LogP contribution < -0.4 is 5.32 Å². The number of aryl methyl sites for hydroxylation is 1. The summed E-state index contributed by atoms with van der Waals surface area (Å²) < 4.78 is 24.4. The molecule has 0 saturated heterocycles. The number of ether oxygens (including phenoxy) is 1. The monoisotopic (exact) mass is 450 g/mol. The number of halogens is 1. The van der Waals surface area contributed by atoms with E-state index in [1.165, 1.54) is 17.7 Å². The van der Waals surface area contributed by atoms with Crippen LogP contribution in [0.5, 0.6) is 0 Å². The zero-order chi connectivity index (χ0) is 23.4. The van der Waals surface area contributed by atoms with Crippen molar-refractivity contribution in [1.29, 1.82) is 0 Å². The van der Waals surface area contributed by atoms with Crippen molar-refractivity contribution in [3.05, 3.63) is 77.1 Å². The van der Waals surface area contributed by atoms with Crippen molar-refractivity contribution in [3.63, 3.8) is 0 Å². The fourth-order valence-corrected chi connectivity index (χ4v) is 3.94. The van der Waals surface area contributed by atoms with Gasteiger partial charge in [0.15, 0.2) is 0 Å². The lowest BCUT2D eigenvalue weighted by Crippen LogP contribution is -2.46. The molecule has 0 fully saturated rings. The van der Waals surface area contributed by atoms with Crippen LogP contribution in [0.25, 0.3) is 17.0 Å². The molecular formula is C25H27FN4O3. The van der Waals surface area contributed by atoms with Crippen LogP contribution in [0.1, 0.15) is 43.3 Å². The second-order valence-corrected chi connectivity index (χ2v) is 7.90. The second kappa shape index (κ2) is 9.95. The summed E-state index contributed by atoms with van der Waals surface area (Å²) in [5.41, 5.74) is 4.18. The van der Waals surface area contributed by atoms with Crippen LogP contribution in [0, 0.1) is 5.82 Å². The Morgan fingerprint density at radius 3 is 2.55 bits per heavy atom. The van der Waals surface area contributed by atoms with Crippen LogP contribution in [-0.2, 0) is 11.2 Å². The normalized spacial score (nSPS) is 16.3. The van der Waals surface area contributed by atoms with E-state index in [-0.39, 0.29) is 11.8 Å². The van der Waals surface area contributed by atoms with Gasteiger partial charge < -0.3 is 14.6 Å². The molecule has 0 bridgehead atoms. The number of hydrogen-bond acceptors (Lipinski definition) is 5. The highest BCUT2D eigenvalue weighted by Crippen LogP contribution is 2.37. The van der Waals surface area contributed by atoms with Gasteiger partial charge in [0, 0.05) is 31.5 Å². The van der Waals surface area contributed by atoms with Gasteiger partial charge in [0.25, 0.3) is 5.89 Å². The number of urea groups is 1. The second-order valence-electron chi connectivity index (χ2n) is 7.90.